The van der Waals surface area contributed by atoms with Crippen molar-refractivity contribution < 1.29 is 8.85 Å². The molecule has 0 saturated heterocycles. The van der Waals surface area contributed by atoms with Gasteiger partial charge in [0.1, 0.15) is 0 Å². The van der Waals surface area contributed by atoms with Gasteiger partial charge in [-0.15, -0.1) is 0 Å². The van der Waals surface area contributed by atoms with Crippen LogP contribution in [0.25, 0.3) is 0 Å². The van der Waals surface area contributed by atoms with Crippen molar-refractivity contribution in [1.29, 1.82) is 5.26 Å². The van der Waals surface area contributed by atoms with Crippen LogP contribution >= 0.6 is 0 Å². The van der Waals surface area contributed by atoms with Crippen LogP contribution in [0.3, 0.4) is 0 Å². The van der Waals surface area contributed by atoms with Crippen molar-refractivity contribution in [1.82, 2.24) is 0 Å². The number of fused-ring (bicyclic) bond motifs is 1. The van der Waals surface area contributed by atoms with Gasteiger partial charge < -0.3 is 8.85 Å². The lowest BCUT2D eigenvalue weighted by Gasteiger charge is -2.45. The van der Waals surface area contributed by atoms with Gasteiger partial charge >= 0.3 is 0 Å². The monoisotopic (exact) mass is 583 g/mol. The molecular formula is C35H61NO2Si2. The maximum absolute atomic E-state index is 9.36. The number of nitrogens with zero attached hydrogens (tertiary/aromatic N) is 1. The molecule has 0 bridgehead atoms. The highest BCUT2D eigenvalue weighted by Gasteiger charge is 2.50. The van der Waals surface area contributed by atoms with Crippen molar-refractivity contribution in [3.63, 3.8) is 0 Å². The molecular weight excluding hydrogens is 523 g/mol. The molecule has 0 aromatic heterocycles. The molecule has 0 N–H and O–H groups in total. The van der Waals surface area contributed by atoms with Gasteiger partial charge in [0, 0.05) is 12.8 Å². The first-order valence-electron chi connectivity index (χ1n) is 16.0. The summed E-state index contributed by atoms with van der Waals surface area (Å²) in [7, 11) is -3.88. The van der Waals surface area contributed by atoms with Gasteiger partial charge in [0.25, 0.3) is 0 Å². The Kier molecular flexibility index (Phi) is 10.1. The van der Waals surface area contributed by atoms with Crippen molar-refractivity contribution in [2.45, 2.75) is 155 Å². The summed E-state index contributed by atoms with van der Waals surface area (Å²) < 4.78 is 14.1. The Morgan fingerprint density at radius 3 is 2.20 bits per heavy atom. The van der Waals surface area contributed by atoms with Crippen LogP contribution < -0.4 is 0 Å². The summed E-state index contributed by atoms with van der Waals surface area (Å²) in [6.07, 6.45) is 13.9. The molecule has 0 heterocycles. The second-order valence-electron chi connectivity index (χ2n) is 16.7. The van der Waals surface area contributed by atoms with Crippen molar-refractivity contribution in [2.75, 3.05) is 0 Å². The van der Waals surface area contributed by atoms with Crippen LogP contribution in [0.4, 0.5) is 0 Å². The van der Waals surface area contributed by atoms with E-state index in [1.54, 1.807) is 5.57 Å². The quantitative estimate of drug-likeness (QED) is 0.280. The molecule has 0 aromatic rings. The largest absolute Gasteiger partial charge is 0.413 e. The smallest absolute Gasteiger partial charge is 0.192 e. The normalized spacial score (nSPS) is 33.2. The van der Waals surface area contributed by atoms with E-state index in [2.05, 4.69) is 106 Å². The van der Waals surface area contributed by atoms with Gasteiger partial charge in [-0.3, -0.25) is 0 Å². The summed E-state index contributed by atoms with van der Waals surface area (Å²) in [5, 5.41) is 9.69. The fourth-order valence-electron chi connectivity index (χ4n) is 7.27. The topological polar surface area (TPSA) is 42.2 Å². The molecule has 3 fully saturated rings. The van der Waals surface area contributed by atoms with Crippen LogP contribution in [0.15, 0.2) is 35.5 Å². The fraction of sp³-hybridized carbons (Fsp3) is 0.800. The van der Waals surface area contributed by atoms with Gasteiger partial charge in [-0.1, -0.05) is 79.7 Å². The molecule has 3 nitrogen and oxygen atoms in total. The number of hydrogen-bond acceptors (Lipinski definition) is 3. The van der Waals surface area contributed by atoms with Crippen molar-refractivity contribution in [3.8, 4) is 6.07 Å². The third-order valence-electron chi connectivity index (χ3n) is 11.9. The lowest BCUT2D eigenvalue weighted by molar-refractivity contribution is 0.0966. The number of allylic oxidation sites excluding steroid dienone is 3. The van der Waals surface area contributed by atoms with E-state index in [1.807, 2.05) is 0 Å². The van der Waals surface area contributed by atoms with E-state index in [-0.39, 0.29) is 22.3 Å². The first-order valence-corrected chi connectivity index (χ1v) is 21.9. The van der Waals surface area contributed by atoms with E-state index in [9.17, 15) is 5.26 Å². The Balaban J connectivity index is 1.92. The molecule has 40 heavy (non-hydrogen) atoms. The number of nitriles is 1. The SMILES string of the molecule is C=C1/C(=C\C=C2/CCC[C@]3(C)[C@@H]([C@H](C)CC#N)CC[C@@H]23)C[C@@H](O[Si](C)(C)C(C)(C)C)C[C@@H]1O[Si](C)(C)C(C)(C)C. The minimum absolute atomic E-state index is 0.0216. The minimum Gasteiger partial charge on any atom is -0.413 e. The molecule has 3 rings (SSSR count). The summed E-state index contributed by atoms with van der Waals surface area (Å²) in [6, 6.07) is 2.45. The molecule has 5 heteroatoms. The van der Waals surface area contributed by atoms with E-state index in [1.165, 1.54) is 43.3 Å². The molecule has 0 unspecified atom stereocenters. The molecule has 0 aromatic carbocycles. The Morgan fingerprint density at radius 2 is 1.62 bits per heavy atom. The van der Waals surface area contributed by atoms with Crippen LogP contribution in [0, 0.1) is 34.5 Å². The summed E-state index contributed by atoms with van der Waals surface area (Å²) in [6.45, 7) is 32.9. The third-order valence-corrected chi connectivity index (χ3v) is 20.9. The van der Waals surface area contributed by atoms with Gasteiger partial charge in [-0.25, -0.2) is 0 Å². The highest BCUT2D eigenvalue weighted by atomic mass is 28.4. The molecule has 3 saturated carbocycles. The highest BCUT2D eigenvalue weighted by Crippen LogP contribution is 2.59. The van der Waals surface area contributed by atoms with E-state index >= 15 is 0 Å². The predicted octanol–water partition coefficient (Wildman–Crippen LogP) is 10.7. The first-order chi connectivity index (χ1) is 18.2. The standard InChI is InChI=1S/C35H61NO2Si2/c1-25(20-22-36)30-18-19-31-27(15-14-21-35(30,31)9)16-17-28-23-29(37-39(10,11)33(3,4)5)24-32(26(28)2)38-40(12,13)34(6,7)8/h16-17,25,29-32H,2,14-15,18-21,23-24H2,1,3-13H3/b27-16+,28-17-/t25-,29-,30-,31+,32+,35-/m1/s1. The average Bonchev–Trinajstić information content (AvgIpc) is 3.16. The zero-order chi connectivity index (χ0) is 30.3. The van der Waals surface area contributed by atoms with Crippen LogP contribution in [0.5, 0.6) is 0 Å². The summed E-state index contributed by atoms with van der Waals surface area (Å²) >= 11 is 0. The lowest BCUT2D eigenvalue weighted by atomic mass is 9.61. The number of rotatable bonds is 7. The molecule has 6 atom stereocenters. The average molecular weight is 584 g/mol. The molecule has 0 spiro atoms. The molecule has 226 valence electrons. The Labute approximate surface area is 250 Å². The third kappa shape index (κ3) is 6.99. The van der Waals surface area contributed by atoms with Crippen LogP contribution in [-0.4, -0.2) is 28.8 Å². The predicted molar refractivity (Wildman–Crippen MR) is 176 cm³/mol. The molecule has 0 radical (unpaired) electrons. The Morgan fingerprint density at radius 1 is 1.02 bits per heavy atom. The highest BCUT2D eigenvalue weighted by molar-refractivity contribution is 6.74. The van der Waals surface area contributed by atoms with Gasteiger partial charge in [0.2, 0.25) is 0 Å². The van der Waals surface area contributed by atoms with Crippen molar-refractivity contribution in [2.24, 2.45) is 23.2 Å². The van der Waals surface area contributed by atoms with E-state index in [0.29, 0.717) is 29.6 Å². The van der Waals surface area contributed by atoms with E-state index < -0.39 is 16.6 Å². The molecule has 0 aliphatic heterocycles. The fourth-order valence-corrected chi connectivity index (χ4v) is 9.94. The molecule has 3 aliphatic carbocycles. The van der Waals surface area contributed by atoms with E-state index in [4.69, 9.17) is 8.85 Å². The summed E-state index contributed by atoms with van der Waals surface area (Å²) in [4.78, 5) is 0. The lowest BCUT2D eigenvalue weighted by Crippen LogP contribution is -2.49. The Hall–Kier alpha value is -0.936. The van der Waals surface area contributed by atoms with Crippen LogP contribution in [-0.2, 0) is 8.85 Å². The Bertz CT molecular complexity index is 1040. The zero-order valence-corrected chi connectivity index (χ0v) is 30.2. The molecule has 0 amide bonds. The van der Waals surface area contributed by atoms with Crippen molar-refractivity contribution in [3.05, 3.63) is 35.5 Å². The number of hydrogen-bond donors (Lipinski definition) is 0. The minimum atomic E-state index is -1.97. The molecule has 3 aliphatic rings. The second-order valence-corrected chi connectivity index (χ2v) is 26.2. The maximum atomic E-state index is 9.36. The van der Waals surface area contributed by atoms with Gasteiger partial charge in [-0.2, -0.15) is 5.26 Å². The second kappa shape index (κ2) is 12.0. The summed E-state index contributed by atoms with van der Waals surface area (Å²) in [5.41, 5.74) is 4.44. The van der Waals surface area contributed by atoms with Crippen molar-refractivity contribution >= 4 is 16.6 Å². The van der Waals surface area contributed by atoms with Gasteiger partial charge in [0.15, 0.2) is 16.6 Å². The zero-order valence-electron chi connectivity index (χ0n) is 28.2. The van der Waals surface area contributed by atoms with Gasteiger partial charge in [0.05, 0.1) is 18.3 Å². The van der Waals surface area contributed by atoms with E-state index in [0.717, 1.165) is 12.8 Å². The maximum Gasteiger partial charge on any atom is 0.192 e. The summed E-state index contributed by atoms with van der Waals surface area (Å²) in [5.74, 6) is 1.78. The van der Waals surface area contributed by atoms with Gasteiger partial charge in [-0.05, 0) is 109 Å². The first kappa shape index (κ1) is 33.6. The van der Waals surface area contributed by atoms with Crippen LogP contribution in [0.2, 0.25) is 36.3 Å². The van der Waals surface area contributed by atoms with Crippen LogP contribution in [0.1, 0.15) is 107 Å².